The van der Waals surface area contributed by atoms with Gasteiger partial charge < -0.3 is 14.8 Å². The SMILES string of the molecule is COC(=O)[C@@H]1C[C@H](Oc2ccc(C)cc2)CN1. The van der Waals surface area contributed by atoms with Gasteiger partial charge in [0.1, 0.15) is 17.9 Å². The molecule has 0 spiro atoms. The number of aryl methyl sites for hydroxylation is 1. The first-order valence-corrected chi connectivity index (χ1v) is 5.73. The van der Waals surface area contributed by atoms with Crippen LogP contribution in [0, 0.1) is 6.92 Å². The Labute approximate surface area is 101 Å². The zero-order chi connectivity index (χ0) is 12.3. The number of hydrogen-bond donors (Lipinski definition) is 1. The summed E-state index contributed by atoms with van der Waals surface area (Å²) in [5, 5.41) is 3.09. The number of rotatable bonds is 3. The summed E-state index contributed by atoms with van der Waals surface area (Å²) < 4.78 is 10.5. The molecule has 0 aliphatic carbocycles. The van der Waals surface area contributed by atoms with Crippen LogP contribution in [0.2, 0.25) is 0 Å². The van der Waals surface area contributed by atoms with Crippen LogP contribution in [0.25, 0.3) is 0 Å². The van der Waals surface area contributed by atoms with Gasteiger partial charge in [-0.25, -0.2) is 0 Å². The molecule has 4 heteroatoms. The number of esters is 1. The third-order valence-electron chi connectivity index (χ3n) is 2.90. The van der Waals surface area contributed by atoms with E-state index in [1.165, 1.54) is 12.7 Å². The monoisotopic (exact) mass is 235 g/mol. The molecule has 2 rings (SSSR count). The summed E-state index contributed by atoms with van der Waals surface area (Å²) in [5.74, 6) is 0.618. The lowest BCUT2D eigenvalue weighted by atomic mass is 10.2. The Kier molecular flexibility index (Phi) is 3.64. The number of carbonyl (C=O) groups excluding carboxylic acids is 1. The molecule has 1 saturated heterocycles. The lowest BCUT2D eigenvalue weighted by Gasteiger charge is -2.12. The Hall–Kier alpha value is -1.55. The molecular weight excluding hydrogens is 218 g/mol. The summed E-state index contributed by atoms with van der Waals surface area (Å²) in [6.07, 6.45) is 0.683. The average molecular weight is 235 g/mol. The molecule has 4 nitrogen and oxygen atoms in total. The highest BCUT2D eigenvalue weighted by Crippen LogP contribution is 2.18. The van der Waals surface area contributed by atoms with Gasteiger partial charge in [-0.05, 0) is 19.1 Å². The van der Waals surface area contributed by atoms with Crippen molar-refractivity contribution < 1.29 is 14.3 Å². The fourth-order valence-corrected chi connectivity index (χ4v) is 1.92. The Morgan fingerprint density at radius 2 is 2.06 bits per heavy atom. The average Bonchev–Trinajstić information content (AvgIpc) is 2.80. The maximum Gasteiger partial charge on any atom is 0.323 e. The predicted molar refractivity (Wildman–Crippen MR) is 64.0 cm³/mol. The van der Waals surface area contributed by atoms with Gasteiger partial charge in [-0.1, -0.05) is 17.7 Å². The quantitative estimate of drug-likeness (QED) is 0.802. The van der Waals surface area contributed by atoms with Gasteiger partial charge in [0, 0.05) is 13.0 Å². The minimum absolute atomic E-state index is 0.0295. The molecule has 2 atom stereocenters. The van der Waals surface area contributed by atoms with E-state index < -0.39 is 0 Å². The predicted octanol–water partition coefficient (Wildman–Crippen LogP) is 1.28. The summed E-state index contributed by atoms with van der Waals surface area (Å²) >= 11 is 0. The molecule has 0 radical (unpaired) electrons. The van der Waals surface area contributed by atoms with Crippen LogP contribution in [0.3, 0.4) is 0 Å². The molecule has 0 bridgehead atoms. The summed E-state index contributed by atoms with van der Waals surface area (Å²) in [4.78, 5) is 11.3. The maximum atomic E-state index is 11.3. The van der Waals surface area contributed by atoms with Gasteiger partial charge in [0.2, 0.25) is 0 Å². The smallest absolute Gasteiger partial charge is 0.323 e. The number of carbonyl (C=O) groups is 1. The normalized spacial score (nSPS) is 23.4. The molecule has 0 aromatic heterocycles. The van der Waals surface area contributed by atoms with Crippen LogP contribution in [-0.4, -0.2) is 31.8 Å². The van der Waals surface area contributed by atoms with Crippen molar-refractivity contribution in [1.29, 1.82) is 0 Å². The first kappa shape index (κ1) is 11.9. The van der Waals surface area contributed by atoms with Crippen molar-refractivity contribution >= 4 is 5.97 Å². The number of hydrogen-bond acceptors (Lipinski definition) is 4. The molecule has 1 aromatic carbocycles. The van der Waals surface area contributed by atoms with Gasteiger partial charge in [0.15, 0.2) is 0 Å². The Bertz CT molecular complexity index is 388. The largest absolute Gasteiger partial charge is 0.489 e. The van der Waals surface area contributed by atoms with E-state index in [0.717, 1.165) is 5.75 Å². The second-order valence-electron chi connectivity index (χ2n) is 4.27. The van der Waals surface area contributed by atoms with Crippen molar-refractivity contribution in [2.75, 3.05) is 13.7 Å². The summed E-state index contributed by atoms with van der Waals surface area (Å²) in [7, 11) is 1.40. The molecule has 1 aliphatic heterocycles. The van der Waals surface area contributed by atoms with Crippen LogP contribution in [0.1, 0.15) is 12.0 Å². The summed E-state index contributed by atoms with van der Waals surface area (Å²) in [6.45, 7) is 2.71. The number of nitrogens with one attached hydrogen (secondary N) is 1. The van der Waals surface area contributed by atoms with Gasteiger partial charge in [-0.2, -0.15) is 0 Å². The lowest BCUT2D eigenvalue weighted by molar-refractivity contribution is -0.142. The van der Waals surface area contributed by atoms with Gasteiger partial charge in [0.25, 0.3) is 0 Å². The topological polar surface area (TPSA) is 47.6 Å². The molecule has 92 valence electrons. The molecule has 1 aliphatic rings. The van der Waals surface area contributed by atoms with Crippen LogP contribution < -0.4 is 10.1 Å². The van der Waals surface area contributed by atoms with Gasteiger partial charge in [0.05, 0.1) is 7.11 Å². The van der Waals surface area contributed by atoms with Gasteiger partial charge in [-0.15, -0.1) is 0 Å². The van der Waals surface area contributed by atoms with Crippen molar-refractivity contribution in [3.05, 3.63) is 29.8 Å². The van der Waals surface area contributed by atoms with E-state index in [1.54, 1.807) is 0 Å². The molecule has 17 heavy (non-hydrogen) atoms. The highest BCUT2D eigenvalue weighted by atomic mass is 16.5. The second-order valence-corrected chi connectivity index (χ2v) is 4.27. The number of methoxy groups -OCH3 is 1. The van der Waals surface area contributed by atoms with Crippen LogP contribution in [-0.2, 0) is 9.53 Å². The zero-order valence-corrected chi connectivity index (χ0v) is 10.1. The summed E-state index contributed by atoms with van der Waals surface area (Å²) in [5.41, 5.74) is 1.20. The third-order valence-corrected chi connectivity index (χ3v) is 2.90. The highest BCUT2D eigenvalue weighted by Gasteiger charge is 2.31. The van der Waals surface area contributed by atoms with E-state index in [2.05, 4.69) is 5.32 Å². The Morgan fingerprint density at radius 1 is 1.35 bits per heavy atom. The minimum Gasteiger partial charge on any atom is -0.489 e. The van der Waals surface area contributed by atoms with Crippen LogP contribution in [0.5, 0.6) is 5.75 Å². The van der Waals surface area contributed by atoms with E-state index >= 15 is 0 Å². The first-order chi connectivity index (χ1) is 8.19. The van der Waals surface area contributed by atoms with Crippen LogP contribution in [0.4, 0.5) is 0 Å². The van der Waals surface area contributed by atoms with E-state index in [-0.39, 0.29) is 18.1 Å². The van der Waals surface area contributed by atoms with E-state index in [9.17, 15) is 4.79 Å². The van der Waals surface area contributed by atoms with Crippen LogP contribution in [0.15, 0.2) is 24.3 Å². The molecule has 0 amide bonds. The fourth-order valence-electron chi connectivity index (χ4n) is 1.92. The number of benzene rings is 1. The standard InChI is InChI=1S/C13H17NO3/c1-9-3-5-10(6-4-9)17-11-7-12(14-8-11)13(15)16-2/h3-6,11-12,14H,7-8H2,1-2H3/t11-,12-/m0/s1. The second kappa shape index (κ2) is 5.19. The lowest BCUT2D eigenvalue weighted by Crippen LogP contribution is -2.31. The van der Waals surface area contributed by atoms with Crippen LogP contribution >= 0.6 is 0 Å². The first-order valence-electron chi connectivity index (χ1n) is 5.73. The van der Waals surface area contributed by atoms with E-state index in [1.807, 2.05) is 31.2 Å². The maximum absolute atomic E-state index is 11.3. The minimum atomic E-state index is -0.240. The van der Waals surface area contributed by atoms with E-state index in [0.29, 0.717) is 13.0 Å². The van der Waals surface area contributed by atoms with Gasteiger partial charge in [-0.3, -0.25) is 4.79 Å². The van der Waals surface area contributed by atoms with Gasteiger partial charge >= 0.3 is 5.97 Å². The van der Waals surface area contributed by atoms with Crippen molar-refractivity contribution in [3.8, 4) is 5.75 Å². The summed E-state index contributed by atoms with van der Waals surface area (Å²) in [6, 6.07) is 7.67. The molecule has 1 fully saturated rings. The van der Waals surface area contributed by atoms with Crippen molar-refractivity contribution in [2.45, 2.75) is 25.5 Å². The molecular formula is C13H17NO3. The molecule has 1 aromatic rings. The van der Waals surface area contributed by atoms with Crippen molar-refractivity contribution in [2.24, 2.45) is 0 Å². The highest BCUT2D eigenvalue weighted by molar-refractivity contribution is 5.76. The molecule has 1 heterocycles. The Balaban J connectivity index is 1.89. The molecule has 1 N–H and O–H groups in total. The fraction of sp³-hybridized carbons (Fsp3) is 0.462. The molecule has 0 saturated carbocycles. The van der Waals surface area contributed by atoms with Crippen molar-refractivity contribution in [3.63, 3.8) is 0 Å². The third kappa shape index (κ3) is 2.97. The molecule has 0 unspecified atom stereocenters. The Morgan fingerprint density at radius 3 is 2.71 bits per heavy atom. The van der Waals surface area contributed by atoms with E-state index in [4.69, 9.17) is 9.47 Å². The number of ether oxygens (including phenoxy) is 2. The van der Waals surface area contributed by atoms with Crippen molar-refractivity contribution in [1.82, 2.24) is 5.32 Å². The zero-order valence-electron chi connectivity index (χ0n) is 10.1.